The molecule has 2 heterocycles. The summed E-state index contributed by atoms with van der Waals surface area (Å²) in [6.45, 7) is 0.806. The number of amides is 2. The van der Waals surface area contributed by atoms with Gasteiger partial charge in [0.2, 0.25) is 0 Å². The molecule has 0 saturated heterocycles. The highest BCUT2D eigenvalue weighted by Crippen LogP contribution is 2.25. The summed E-state index contributed by atoms with van der Waals surface area (Å²) >= 11 is 0. The second-order valence-corrected chi connectivity index (χ2v) is 4.93. The topological polar surface area (TPSA) is 80.6 Å². The van der Waals surface area contributed by atoms with E-state index in [1.54, 1.807) is 36.6 Å². The van der Waals surface area contributed by atoms with Crippen molar-refractivity contribution in [2.75, 3.05) is 13.2 Å². The number of benzene rings is 1. The van der Waals surface area contributed by atoms with Crippen molar-refractivity contribution in [2.24, 2.45) is 0 Å². The van der Waals surface area contributed by atoms with Crippen LogP contribution in [0.5, 0.6) is 5.75 Å². The van der Waals surface area contributed by atoms with Gasteiger partial charge in [-0.3, -0.25) is 9.59 Å². The van der Waals surface area contributed by atoms with Crippen molar-refractivity contribution in [3.8, 4) is 5.75 Å². The maximum Gasteiger partial charge on any atom is 0.258 e. The Bertz CT molecular complexity index is 679. The van der Waals surface area contributed by atoms with Crippen LogP contribution in [0.3, 0.4) is 0 Å². The number of fused-ring (bicyclic) bond motifs is 1. The maximum absolute atomic E-state index is 11.8. The van der Waals surface area contributed by atoms with Crippen molar-refractivity contribution >= 4 is 11.8 Å². The Labute approximate surface area is 127 Å². The van der Waals surface area contributed by atoms with Crippen LogP contribution in [0.1, 0.15) is 21.7 Å². The molecule has 1 aromatic carbocycles. The van der Waals surface area contributed by atoms with Crippen molar-refractivity contribution in [2.45, 2.75) is 13.0 Å². The fourth-order valence-corrected chi connectivity index (χ4v) is 2.36. The van der Waals surface area contributed by atoms with Crippen molar-refractivity contribution in [1.82, 2.24) is 10.6 Å². The molecule has 0 atom stereocenters. The van der Waals surface area contributed by atoms with Gasteiger partial charge >= 0.3 is 0 Å². The second kappa shape index (κ2) is 6.34. The number of furan rings is 1. The van der Waals surface area contributed by atoms with Gasteiger partial charge in [-0.1, -0.05) is 6.07 Å². The van der Waals surface area contributed by atoms with Crippen LogP contribution in [0.15, 0.2) is 41.0 Å². The van der Waals surface area contributed by atoms with E-state index in [0.29, 0.717) is 36.6 Å². The SMILES string of the molecule is O=C(COc1cccc2c1CCNC2=O)NCc1ccco1. The van der Waals surface area contributed by atoms with Gasteiger partial charge < -0.3 is 19.8 Å². The molecular weight excluding hydrogens is 284 g/mol. The first-order chi connectivity index (χ1) is 10.7. The largest absolute Gasteiger partial charge is 0.483 e. The molecular formula is C16H16N2O4. The van der Waals surface area contributed by atoms with Gasteiger partial charge in [0.15, 0.2) is 6.61 Å². The van der Waals surface area contributed by atoms with E-state index in [-0.39, 0.29) is 18.4 Å². The average molecular weight is 300 g/mol. The molecule has 22 heavy (non-hydrogen) atoms. The monoisotopic (exact) mass is 300 g/mol. The van der Waals surface area contributed by atoms with Gasteiger partial charge in [0.1, 0.15) is 11.5 Å². The molecule has 2 aromatic rings. The Kier molecular flexibility index (Phi) is 4.09. The fraction of sp³-hybridized carbons (Fsp3) is 0.250. The molecule has 114 valence electrons. The van der Waals surface area contributed by atoms with Gasteiger partial charge in [-0.05, 0) is 30.7 Å². The lowest BCUT2D eigenvalue weighted by Gasteiger charge is -2.19. The number of hydrogen-bond acceptors (Lipinski definition) is 4. The number of ether oxygens (including phenoxy) is 1. The first-order valence-electron chi connectivity index (χ1n) is 7.06. The van der Waals surface area contributed by atoms with E-state index in [9.17, 15) is 9.59 Å². The quantitative estimate of drug-likeness (QED) is 0.871. The molecule has 1 aromatic heterocycles. The lowest BCUT2D eigenvalue weighted by atomic mass is 9.99. The summed E-state index contributed by atoms with van der Waals surface area (Å²) in [6.07, 6.45) is 2.25. The molecule has 0 saturated carbocycles. The Morgan fingerprint density at radius 1 is 1.32 bits per heavy atom. The number of carbonyl (C=O) groups is 2. The van der Waals surface area contributed by atoms with Crippen LogP contribution < -0.4 is 15.4 Å². The zero-order chi connectivity index (χ0) is 15.4. The van der Waals surface area contributed by atoms with Crippen LogP contribution in [-0.4, -0.2) is 25.0 Å². The van der Waals surface area contributed by atoms with Crippen molar-refractivity contribution in [1.29, 1.82) is 0 Å². The summed E-state index contributed by atoms with van der Waals surface area (Å²) in [5.41, 5.74) is 1.46. The van der Waals surface area contributed by atoms with Gasteiger partial charge in [0, 0.05) is 17.7 Å². The summed E-state index contributed by atoms with van der Waals surface area (Å²) < 4.78 is 10.7. The lowest BCUT2D eigenvalue weighted by molar-refractivity contribution is -0.123. The molecule has 0 spiro atoms. The minimum atomic E-state index is -0.241. The molecule has 1 aliphatic heterocycles. The summed E-state index contributed by atoms with van der Waals surface area (Å²) in [5.74, 6) is 0.922. The van der Waals surface area contributed by atoms with Crippen molar-refractivity contribution in [3.05, 3.63) is 53.5 Å². The Morgan fingerprint density at radius 2 is 2.23 bits per heavy atom. The molecule has 2 N–H and O–H groups in total. The van der Waals surface area contributed by atoms with Gasteiger partial charge in [-0.25, -0.2) is 0 Å². The zero-order valence-corrected chi connectivity index (χ0v) is 11.9. The number of hydrogen-bond donors (Lipinski definition) is 2. The molecule has 0 radical (unpaired) electrons. The van der Waals surface area contributed by atoms with E-state index in [1.807, 2.05) is 0 Å². The highest BCUT2D eigenvalue weighted by atomic mass is 16.5. The van der Waals surface area contributed by atoms with Crippen LogP contribution in [-0.2, 0) is 17.8 Å². The van der Waals surface area contributed by atoms with E-state index in [1.165, 1.54) is 0 Å². The van der Waals surface area contributed by atoms with Gasteiger partial charge in [0.05, 0.1) is 12.8 Å². The third-order valence-corrected chi connectivity index (χ3v) is 3.44. The minimum absolute atomic E-state index is 0.0984. The molecule has 2 amide bonds. The predicted octanol–water partition coefficient (Wildman–Crippen LogP) is 1.26. The molecule has 0 aliphatic carbocycles. The normalized spacial score (nSPS) is 13.2. The van der Waals surface area contributed by atoms with Gasteiger partial charge in [-0.15, -0.1) is 0 Å². The van der Waals surface area contributed by atoms with Gasteiger partial charge in [0.25, 0.3) is 11.8 Å². The van der Waals surface area contributed by atoms with E-state index < -0.39 is 0 Å². The minimum Gasteiger partial charge on any atom is -0.483 e. The van der Waals surface area contributed by atoms with Crippen LogP contribution in [0.2, 0.25) is 0 Å². The predicted molar refractivity (Wildman–Crippen MR) is 78.5 cm³/mol. The third-order valence-electron chi connectivity index (χ3n) is 3.44. The van der Waals surface area contributed by atoms with E-state index in [2.05, 4.69) is 10.6 Å². The second-order valence-electron chi connectivity index (χ2n) is 4.93. The molecule has 1 aliphatic rings. The summed E-state index contributed by atoms with van der Waals surface area (Å²) in [5, 5.41) is 5.49. The number of rotatable bonds is 5. The number of nitrogens with one attached hydrogen (secondary N) is 2. The Morgan fingerprint density at radius 3 is 3.05 bits per heavy atom. The zero-order valence-electron chi connectivity index (χ0n) is 11.9. The number of carbonyl (C=O) groups excluding carboxylic acids is 2. The van der Waals surface area contributed by atoms with Crippen LogP contribution in [0.25, 0.3) is 0 Å². The molecule has 0 bridgehead atoms. The highest BCUT2D eigenvalue weighted by Gasteiger charge is 2.20. The van der Waals surface area contributed by atoms with Crippen molar-refractivity contribution in [3.63, 3.8) is 0 Å². The Hall–Kier alpha value is -2.76. The average Bonchev–Trinajstić information content (AvgIpc) is 3.05. The van der Waals surface area contributed by atoms with Crippen LogP contribution in [0, 0.1) is 0 Å². The molecule has 0 fully saturated rings. The van der Waals surface area contributed by atoms with Gasteiger partial charge in [-0.2, -0.15) is 0 Å². The summed E-state index contributed by atoms with van der Waals surface area (Å²) in [7, 11) is 0. The fourth-order valence-electron chi connectivity index (χ4n) is 2.36. The Balaban J connectivity index is 1.58. The van der Waals surface area contributed by atoms with Crippen molar-refractivity contribution < 1.29 is 18.7 Å². The standard InChI is InChI=1S/C16H16N2O4/c19-15(18-9-11-3-2-8-21-11)10-22-14-5-1-4-13-12(14)6-7-17-16(13)20/h1-5,8H,6-7,9-10H2,(H,17,20)(H,18,19). The smallest absolute Gasteiger partial charge is 0.258 e. The summed E-state index contributed by atoms with van der Waals surface area (Å²) in [6, 6.07) is 8.83. The first kappa shape index (κ1) is 14.2. The van der Waals surface area contributed by atoms with Crippen LogP contribution >= 0.6 is 0 Å². The highest BCUT2D eigenvalue weighted by molar-refractivity contribution is 5.97. The van der Waals surface area contributed by atoms with E-state index >= 15 is 0 Å². The van der Waals surface area contributed by atoms with E-state index in [4.69, 9.17) is 9.15 Å². The van der Waals surface area contributed by atoms with Crippen LogP contribution in [0.4, 0.5) is 0 Å². The third kappa shape index (κ3) is 3.11. The summed E-state index contributed by atoms with van der Waals surface area (Å²) in [4.78, 5) is 23.5. The molecule has 6 nitrogen and oxygen atoms in total. The molecule has 3 rings (SSSR count). The van der Waals surface area contributed by atoms with E-state index in [0.717, 1.165) is 5.56 Å². The first-order valence-corrected chi connectivity index (χ1v) is 7.06. The lowest BCUT2D eigenvalue weighted by Crippen LogP contribution is -2.32. The maximum atomic E-state index is 11.8. The molecule has 0 unspecified atom stereocenters. The molecule has 6 heteroatoms.